The second kappa shape index (κ2) is 7.08. The number of carbonyl (C=O) groups excluding carboxylic acids is 1. The zero-order valence-electron chi connectivity index (χ0n) is 12.6. The first-order chi connectivity index (χ1) is 9.36. The molecule has 0 aromatic carbocycles. The van der Waals surface area contributed by atoms with Gasteiger partial charge in [-0.1, -0.05) is 19.7 Å². The first-order valence-electron chi connectivity index (χ1n) is 7.16. The van der Waals surface area contributed by atoms with Crippen LogP contribution in [-0.4, -0.2) is 62.1 Å². The molecule has 0 unspecified atom stereocenters. The third-order valence-corrected chi connectivity index (χ3v) is 4.08. The highest BCUT2D eigenvalue weighted by molar-refractivity contribution is 6.08. The summed E-state index contributed by atoms with van der Waals surface area (Å²) in [6, 6.07) is 0. The normalized spacial score (nSPS) is 27.6. The molecule has 0 radical (unpaired) electrons. The molecule has 0 aromatic heterocycles. The smallest absolute Gasteiger partial charge is 0.325 e. The van der Waals surface area contributed by atoms with Crippen LogP contribution in [0.1, 0.15) is 19.8 Å². The summed E-state index contributed by atoms with van der Waals surface area (Å²) in [5, 5.41) is 9.40. The van der Waals surface area contributed by atoms with Gasteiger partial charge in [-0.2, -0.15) is 0 Å². The topological polar surface area (TPSA) is 92.9 Å². The van der Waals surface area contributed by atoms with E-state index < -0.39 is 11.5 Å². The van der Waals surface area contributed by atoms with Crippen molar-refractivity contribution < 1.29 is 19.4 Å². The standard InChI is InChI=1S/C13H25BN2O4/c1-9(7-20-2)11(17)16-6-10(4-3-5-14)13(15,8-16)12(18)19/h9-10H,3-8,14-15H2,1-2H3,(H,18,19)/t9-,10-,13-/m0/s1. The molecule has 7 heteroatoms. The lowest BCUT2D eigenvalue weighted by Crippen LogP contribution is -2.55. The Morgan fingerprint density at radius 1 is 1.60 bits per heavy atom. The molecule has 0 bridgehead atoms. The SMILES string of the molecule is BCCC[C@H]1CN(C(=O)[C@@H](C)COC)C[C@@]1(N)C(=O)O. The van der Waals surface area contributed by atoms with Crippen LogP contribution in [0.25, 0.3) is 0 Å². The van der Waals surface area contributed by atoms with Gasteiger partial charge in [0.15, 0.2) is 0 Å². The van der Waals surface area contributed by atoms with Crippen LogP contribution in [0.15, 0.2) is 0 Å². The summed E-state index contributed by atoms with van der Waals surface area (Å²) >= 11 is 0. The Kier molecular flexibility index (Phi) is 6.01. The Morgan fingerprint density at radius 2 is 2.25 bits per heavy atom. The number of nitrogens with zero attached hydrogens (tertiary/aromatic N) is 1. The van der Waals surface area contributed by atoms with Gasteiger partial charge in [-0.3, -0.25) is 9.59 Å². The van der Waals surface area contributed by atoms with Gasteiger partial charge in [-0.25, -0.2) is 0 Å². The molecule has 1 aliphatic rings. The summed E-state index contributed by atoms with van der Waals surface area (Å²) in [5.74, 6) is -1.56. The van der Waals surface area contributed by atoms with E-state index in [0.29, 0.717) is 13.2 Å². The van der Waals surface area contributed by atoms with Gasteiger partial charge < -0.3 is 20.5 Å². The van der Waals surface area contributed by atoms with E-state index in [1.54, 1.807) is 18.9 Å². The van der Waals surface area contributed by atoms with Crippen LogP contribution >= 0.6 is 0 Å². The average Bonchev–Trinajstić information content (AvgIpc) is 2.74. The number of carboxylic acids is 1. The van der Waals surface area contributed by atoms with Crippen molar-refractivity contribution in [2.75, 3.05) is 26.8 Å². The first-order valence-corrected chi connectivity index (χ1v) is 7.16. The summed E-state index contributed by atoms with van der Waals surface area (Å²) in [5.41, 5.74) is 4.74. The van der Waals surface area contributed by atoms with Gasteiger partial charge >= 0.3 is 5.97 Å². The van der Waals surface area contributed by atoms with E-state index in [1.807, 2.05) is 0 Å². The van der Waals surface area contributed by atoms with Crippen molar-refractivity contribution in [2.45, 2.75) is 31.6 Å². The third-order valence-electron chi connectivity index (χ3n) is 4.08. The summed E-state index contributed by atoms with van der Waals surface area (Å²) in [6.07, 6.45) is 2.65. The van der Waals surface area contributed by atoms with Crippen molar-refractivity contribution in [3.63, 3.8) is 0 Å². The number of nitrogens with two attached hydrogens (primary N) is 1. The number of rotatable bonds is 7. The number of likely N-dealkylation sites (tertiary alicyclic amines) is 1. The van der Waals surface area contributed by atoms with E-state index in [2.05, 4.69) is 7.85 Å². The fourth-order valence-electron chi connectivity index (χ4n) is 2.78. The van der Waals surface area contributed by atoms with E-state index in [0.717, 1.165) is 19.2 Å². The first kappa shape index (κ1) is 17.0. The maximum atomic E-state index is 12.3. The summed E-state index contributed by atoms with van der Waals surface area (Å²) in [6.45, 7) is 2.63. The summed E-state index contributed by atoms with van der Waals surface area (Å²) in [7, 11) is 3.60. The lowest BCUT2D eigenvalue weighted by Gasteiger charge is -2.25. The minimum absolute atomic E-state index is 0.0816. The molecule has 20 heavy (non-hydrogen) atoms. The van der Waals surface area contributed by atoms with Gasteiger partial charge in [-0.05, 0) is 6.42 Å². The van der Waals surface area contributed by atoms with Gasteiger partial charge in [0.2, 0.25) is 5.91 Å². The molecule has 6 nitrogen and oxygen atoms in total. The fourth-order valence-corrected chi connectivity index (χ4v) is 2.78. The van der Waals surface area contributed by atoms with Crippen LogP contribution < -0.4 is 5.73 Å². The van der Waals surface area contributed by atoms with Crippen LogP contribution in [0.2, 0.25) is 6.32 Å². The lowest BCUT2D eigenvalue weighted by atomic mass is 9.83. The van der Waals surface area contributed by atoms with E-state index in [4.69, 9.17) is 10.5 Å². The van der Waals surface area contributed by atoms with E-state index in [9.17, 15) is 14.7 Å². The lowest BCUT2D eigenvalue weighted by molar-refractivity contribution is -0.144. The molecule has 0 spiro atoms. The quantitative estimate of drug-likeness (QED) is 0.605. The van der Waals surface area contributed by atoms with Gasteiger partial charge in [-0.15, -0.1) is 0 Å². The van der Waals surface area contributed by atoms with Crippen LogP contribution in [0, 0.1) is 11.8 Å². The average molecular weight is 284 g/mol. The third kappa shape index (κ3) is 3.52. The Morgan fingerprint density at radius 3 is 2.75 bits per heavy atom. The predicted molar refractivity (Wildman–Crippen MR) is 78.2 cm³/mol. The number of methoxy groups -OCH3 is 1. The molecule has 114 valence electrons. The Labute approximate surface area is 121 Å². The van der Waals surface area contributed by atoms with Crippen molar-refractivity contribution in [3.05, 3.63) is 0 Å². The molecule has 1 heterocycles. The molecule has 0 saturated carbocycles. The number of aliphatic carboxylic acids is 1. The molecule has 0 aromatic rings. The van der Waals surface area contributed by atoms with E-state index in [1.165, 1.54) is 0 Å². The van der Waals surface area contributed by atoms with Crippen molar-refractivity contribution >= 4 is 19.7 Å². The molecular formula is C13H25BN2O4. The monoisotopic (exact) mass is 284 g/mol. The summed E-state index contributed by atoms with van der Waals surface area (Å²) in [4.78, 5) is 25.3. The number of ether oxygens (including phenoxy) is 1. The Balaban J connectivity index is 2.79. The van der Waals surface area contributed by atoms with Crippen molar-refractivity contribution in [3.8, 4) is 0 Å². The van der Waals surface area contributed by atoms with Gasteiger partial charge in [0.25, 0.3) is 0 Å². The van der Waals surface area contributed by atoms with Crippen molar-refractivity contribution in [2.24, 2.45) is 17.6 Å². The maximum absolute atomic E-state index is 12.3. The Hall–Kier alpha value is -1.08. The molecule has 1 aliphatic heterocycles. The Bertz CT molecular complexity index is 366. The van der Waals surface area contributed by atoms with Gasteiger partial charge in [0.1, 0.15) is 13.4 Å². The molecule has 3 N–H and O–H groups in total. The van der Waals surface area contributed by atoms with Crippen molar-refractivity contribution in [1.29, 1.82) is 0 Å². The molecule has 1 fully saturated rings. The largest absolute Gasteiger partial charge is 0.480 e. The molecule has 3 atom stereocenters. The predicted octanol–water partition coefficient (Wildman–Crippen LogP) is -0.659. The molecule has 1 amide bonds. The molecular weight excluding hydrogens is 259 g/mol. The second-order valence-corrected chi connectivity index (χ2v) is 5.76. The number of carboxylic acid groups (broad SMARTS) is 1. The van der Waals surface area contributed by atoms with Crippen molar-refractivity contribution in [1.82, 2.24) is 4.90 Å². The van der Waals surface area contributed by atoms with Crippen LogP contribution in [0.4, 0.5) is 0 Å². The van der Waals surface area contributed by atoms with E-state index >= 15 is 0 Å². The highest BCUT2D eigenvalue weighted by atomic mass is 16.5. The van der Waals surface area contributed by atoms with Crippen LogP contribution in [0.3, 0.4) is 0 Å². The number of carbonyl (C=O) groups is 2. The fraction of sp³-hybridized carbons (Fsp3) is 0.846. The van der Waals surface area contributed by atoms with Gasteiger partial charge in [0.05, 0.1) is 12.5 Å². The number of hydrogen-bond donors (Lipinski definition) is 2. The van der Waals surface area contributed by atoms with E-state index in [-0.39, 0.29) is 24.3 Å². The zero-order chi connectivity index (χ0) is 15.3. The maximum Gasteiger partial charge on any atom is 0.325 e. The van der Waals surface area contributed by atoms with Crippen LogP contribution in [-0.2, 0) is 14.3 Å². The van der Waals surface area contributed by atoms with Crippen LogP contribution in [0.5, 0.6) is 0 Å². The minimum atomic E-state index is -1.32. The second-order valence-electron chi connectivity index (χ2n) is 5.76. The minimum Gasteiger partial charge on any atom is -0.480 e. The highest BCUT2D eigenvalue weighted by Gasteiger charge is 2.50. The number of amides is 1. The molecule has 0 aliphatic carbocycles. The molecule has 1 rings (SSSR count). The van der Waals surface area contributed by atoms with Gasteiger partial charge in [0, 0.05) is 26.1 Å². The zero-order valence-corrected chi connectivity index (χ0v) is 12.6. The summed E-state index contributed by atoms with van der Waals surface area (Å²) < 4.78 is 4.98. The highest BCUT2D eigenvalue weighted by Crippen LogP contribution is 2.31. The number of hydrogen-bond acceptors (Lipinski definition) is 4. The molecule has 1 saturated heterocycles.